The van der Waals surface area contributed by atoms with Crippen molar-refractivity contribution < 1.29 is 33.1 Å². The first kappa shape index (κ1) is 22.8. The number of quaternary nitrogens is 1. The van der Waals surface area contributed by atoms with Gasteiger partial charge in [-0.2, -0.15) is 13.2 Å². The summed E-state index contributed by atoms with van der Waals surface area (Å²) in [6, 6.07) is 0. The van der Waals surface area contributed by atoms with Gasteiger partial charge in [-0.15, -0.1) is 7.05 Å². The summed E-state index contributed by atoms with van der Waals surface area (Å²) in [7, 11) is 3.10. The molecule has 0 saturated carbocycles. The van der Waals surface area contributed by atoms with Crippen molar-refractivity contribution in [2.75, 3.05) is 6.61 Å². The van der Waals surface area contributed by atoms with Gasteiger partial charge in [0.25, 0.3) is 5.76 Å². The summed E-state index contributed by atoms with van der Waals surface area (Å²) in [6.07, 6.45) is 6.11. The lowest BCUT2D eigenvalue weighted by Gasteiger charge is -2.11. The smallest absolute Gasteiger partial charge is 0.455 e. The van der Waals surface area contributed by atoms with Crippen LogP contribution in [0.25, 0.3) is 0 Å². The third-order valence-corrected chi connectivity index (χ3v) is 3.68. The van der Waals surface area contributed by atoms with E-state index in [2.05, 4.69) is 14.0 Å². The first-order valence-electron chi connectivity index (χ1n) is 8.64. The van der Waals surface area contributed by atoms with Crippen LogP contribution in [0, 0.1) is 7.05 Å². The van der Waals surface area contributed by atoms with Crippen LogP contribution in [0.1, 0.15) is 71.1 Å². The molecular formula is C17H30F3NO3. The minimum absolute atomic E-state index is 0.0395. The van der Waals surface area contributed by atoms with Gasteiger partial charge in [-0.1, -0.05) is 64.7 Å². The molecular weight excluding hydrogens is 323 g/mol. The lowest BCUT2D eigenvalue weighted by atomic mass is 10.1. The number of aliphatic hydroxyl groups excluding tert-OH is 1. The maximum absolute atomic E-state index is 12.3. The molecule has 24 heavy (non-hydrogen) atoms. The number of hydrogen-bond donors (Lipinski definition) is 2. The molecule has 142 valence electrons. The molecule has 0 aliphatic carbocycles. The van der Waals surface area contributed by atoms with Crippen molar-refractivity contribution in [3.63, 3.8) is 0 Å². The Morgan fingerprint density at radius 1 is 1.00 bits per heavy atom. The zero-order valence-corrected chi connectivity index (χ0v) is 14.5. The summed E-state index contributed by atoms with van der Waals surface area (Å²) in [5.74, 6) is -3.17. The van der Waals surface area contributed by atoms with Crippen LogP contribution in [0.3, 0.4) is 0 Å². The molecule has 0 aliphatic heterocycles. The van der Waals surface area contributed by atoms with E-state index >= 15 is 0 Å². The summed E-state index contributed by atoms with van der Waals surface area (Å²) < 4.78 is 41.8. The predicted molar refractivity (Wildman–Crippen MR) is 85.8 cm³/mol. The van der Waals surface area contributed by atoms with Crippen LogP contribution in [0.5, 0.6) is 0 Å². The van der Waals surface area contributed by atoms with Crippen molar-refractivity contribution in [1.29, 1.82) is 0 Å². The number of alkyl halides is 3. The van der Waals surface area contributed by atoms with Crippen molar-refractivity contribution in [2.24, 2.45) is 0 Å². The molecule has 0 bridgehead atoms. The lowest BCUT2D eigenvalue weighted by molar-refractivity contribution is -0.541. The predicted octanol–water partition coefficient (Wildman–Crippen LogP) is 4.14. The average Bonchev–Trinajstić information content (AvgIpc) is 2.52. The summed E-state index contributed by atoms with van der Waals surface area (Å²) in [5, 5.41) is 9.63. The van der Waals surface area contributed by atoms with E-state index in [0.29, 0.717) is 11.7 Å². The molecule has 0 aromatic carbocycles. The third-order valence-electron chi connectivity index (χ3n) is 3.68. The van der Waals surface area contributed by atoms with Gasteiger partial charge >= 0.3 is 12.1 Å². The van der Waals surface area contributed by atoms with Crippen molar-refractivity contribution in [3.05, 3.63) is 18.5 Å². The molecule has 0 rings (SSSR count). The number of allylic oxidation sites excluding steroid dienone is 1. The largest absolute Gasteiger partial charge is 0.500 e. The number of halogens is 3. The number of esters is 1. The van der Waals surface area contributed by atoms with Crippen LogP contribution in [0.2, 0.25) is 0 Å². The summed E-state index contributed by atoms with van der Waals surface area (Å²) >= 11 is 0. The second-order valence-electron chi connectivity index (χ2n) is 5.78. The zero-order valence-electron chi connectivity index (χ0n) is 14.5. The highest BCUT2D eigenvalue weighted by Gasteiger charge is 2.40. The maximum atomic E-state index is 12.3. The van der Waals surface area contributed by atoms with Crippen LogP contribution in [0.4, 0.5) is 13.2 Å². The Morgan fingerprint density at radius 2 is 1.46 bits per heavy atom. The van der Waals surface area contributed by atoms with Crippen LogP contribution in [-0.2, 0) is 9.53 Å². The van der Waals surface area contributed by atoms with Crippen LogP contribution in [-0.4, -0.2) is 23.9 Å². The normalized spacial score (nSPS) is 12.9. The number of hydrogen-bond acceptors (Lipinski definition) is 3. The quantitative estimate of drug-likeness (QED) is 0.172. The first-order valence-corrected chi connectivity index (χ1v) is 8.64. The van der Waals surface area contributed by atoms with Gasteiger partial charge in [0.2, 0.25) is 5.70 Å². The Morgan fingerprint density at radius 3 is 1.88 bits per heavy atom. The number of aliphatic hydroxyl groups is 1. The van der Waals surface area contributed by atoms with E-state index in [4.69, 9.17) is 9.84 Å². The van der Waals surface area contributed by atoms with Crippen molar-refractivity contribution in [3.8, 4) is 0 Å². The van der Waals surface area contributed by atoms with Gasteiger partial charge in [-0.25, -0.2) is 4.79 Å². The first-order chi connectivity index (χ1) is 11.3. The number of unbranched alkanes of at least 4 members (excludes halogenated alkanes) is 9. The Kier molecular flexibility index (Phi) is 12.4. The van der Waals surface area contributed by atoms with Crippen molar-refractivity contribution >= 4 is 5.97 Å². The molecule has 0 heterocycles. The molecule has 0 atom stereocenters. The highest BCUT2D eigenvalue weighted by Crippen LogP contribution is 2.24. The fourth-order valence-corrected chi connectivity index (χ4v) is 2.26. The Labute approximate surface area is 142 Å². The lowest BCUT2D eigenvalue weighted by Crippen LogP contribution is -2.77. The van der Waals surface area contributed by atoms with Gasteiger partial charge in [0.05, 0.1) is 6.61 Å². The molecule has 0 fully saturated rings. The topological polar surface area (TPSA) is 63.1 Å². The second-order valence-corrected chi connectivity index (χ2v) is 5.78. The molecule has 0 spiro atoms. The van der Waals surface area contributed by atoms with Crippen molar-refractivity contribution in [2.45, 2.75) is 77.3 Å². The number of carbonyl (C=O) groups is 1. The molecule has 0 aromatic rings. The van der Waals surface area contributed by atoms with Crippen LogP contribution >= 0.6 is 0 Å². The number of ether oxygens (including phenoxy) is 1. The summed E-state index contributed by atoms with van der Waals surface area (Å²) in [4.78, 5) is 11.5. The van der Waals surface area contributed by atoms with Crippen molar-refractivity contribution in [1.82, 2.24) is 0 Å². The van der Waals surface area contributed by atoms with E-state index in [1.165, 1.54) is 38.5 Å². The Bertz CT molecular complexity index is 382. The Hall–Kier alpha value is -1.24. The van der Waals surface area contributed by atoms with Gasteiger partial charge in [0.1, 0.15) is 0 Å². The van der Waals surface area contributed by atoms with E-state index < -0.39 is 23.6 Å². The minimum atomic E-state index is -4.99. The number of rotatable bonds is 13. The van der Waals surface area contributed by atoms with Gasteiger partial charge < -0.3 is 15.2 Å². The van der Waals surface area contributed by atoms with Crippen LogP contribution < -0.4 is 5.32 Å². The molecule has 0 saturated heterocycles. The second kappa shape index (κ2) is 13.1. The molecule has 4 nitrogen and oxygen atoms in total. The van der Waals surface area contributed by atoms with Gasteiger partial charge in [-0.05, 0) is 6.42 Å². The molecule has 0 amide bonds. The monoisotopic (exact) mass is 353 g/mol. The fraction of sp³-hybridized carbons (Fsp3) is 0.765. The molecule has 3 N–H and O–H groups in total. The summed E-state index contributed by atoms with van der Waals surface area (Å²) in [5.41, 5.74) is -0.949. The van der Waals surface area contributed by atoms with Gasteiger partial charge in [0.15, 0.2) is 0 Å². The standard InChI is InChI=1S/C17H30F3NO3/c1-3-4-5-6-7-8-9-10-11-12-13-24-16(23)14(21-2)15(22)17(18,19)20/h22H,2-13,21H2,1H3/b15-14+. The van der Waals surface area contributed by atoms with E-state index in [0.717, 1.165) is 19.3 Å². The molecule has 0 aromatic heterocycles. The van der Waals surface area contributed by atoms with Gasteiger partial charge in [-0.3, -0.25) is 0 Å². The van der Waals surface area contributed by atoms with Gasteiger partial charge in [0, 0.05) is 0 Å². The fourth-order valence-electron chi connectivity index (χ4n) is 2.26. The molecule has 0 radical (unpaired) electrons. The molecule has 0 aliphatic rings. The van der Waals surface area contributed by atoms with E-state index in [1.807, 2.05) is 0 Å². The van der Waals surface area contributed by atoms with E-state index in [9.17, 15) is 18.0 Å². The zero-order chi connectivity index (χ0) is 18.4. The average molecular weight is 353 g/mol. The number of carbonyl (C=O) groups excluding carboxylic acids is 1. The third kappa shape index (κ3) is 10.5. The maximum Gasteiger partial charge on any atom is 0.455 e. The highest BCUT2D eigenvalue weighted by atomic mass is 19.4. The Balaban J connectivity index is 3.79. The number of nitrogens with two attached hydrogens (primary N) is 1. The highest BCUT2D eigenvalue weighted by molar-refractivity contribution is 5.86. The summed E-state index contributed by atoms with van der Waals surface area (Å²) in [6.45, 7) is 2.23. The van der Waals surface area contributed by atoms with E-state index in [1.54, 1.807) is 0 Å². The minimum Gasteiger partial charge on any atom is -0.500 e. The molecule has 7 heteroatoms. The van der Waals surface area contributed by atoms with E-state index in [-0.39, 0.29) is 6.61 Å². The molecule has 0 unspecified atom stereocenters. The van der Waals surface area contributed by atoms with Crippen LogP contribution in [0.15, 0.2) is 11.5 Å². The SMILES string of the molecule is [CH2-][NH2+]/C(C(=O)OCCCCCCCCCCCC)=C(/O)C(F)(F)F.